The van der Waals surface area contributed by atoms with Gasteiger partial charge in [-0.2, -0.15) is 0 Å². The van der Waals surface area contributed by atoms with E-state index in [1.54, 1.807) is 6.92 Å². The normalized spacial score (nSPS) is 12.5. The van der Waals surface area contributed by atoms with Gasteiger partial charge in [0, 0.05) is 12.7 Å². The lowest BCUT2D eigenvalue weighted by Crippen LogP contribution is -2.25. The Morgan fingerprint density at radius 1 is 1.53 bits per heavy atom. The Bertz CT molecular complexity index is 407. The second kappa shape index (κ2) is 5.58. The Balaban J connectivity index is 2.68. The van der Waals surface area contributed by atoms with Crippen molar-refractivity contribution < 1.29 is 15.0 Å². The van der Waals surface area contributed by atoms with Gasteiger partial charge < -0.3 is 15.5 Å². The molecule has 1 aromatic rings. The summed E-state index contributed by atoms with van der Waals surface area (Å²) in [7, 11) is 0. The molecule has 1 rings (SSSR count). The van der Waals surface area contributed by atoms with Crippen LogP contribution in [0, 0.1) is 12.8 Å². The molecule has 0 aliphatic rings. The van der Waals surface area contributed by atoms with Crippen LogP contribution in [0.25, 0.3) is 0 Å². The summed E-state index contributed by atoms with van der Waals surface area (Å²) in [4.78, 5) is 18.6. The van der Waals surface area contributed by atoms with Crippen LogP contribution in [0.3, 0.4) is 0 Å². The number of aryl methyl sites for hydroxylation is 1. The lowest BCUT2D eigenvalue weighted by atomic mass is 10.1. The second-order valence-corrected chi connectivity index (χ2v) is 4.19. The first kappa shape index (κ1) is 13.4. The third-order valence-electron chi connectivity index (χ3n) is 2.45. The van der Waals surface area contributed by atoms with E-state index in [0.29, 0.717) is 18.2 Å². The zero-order chi connectivity index (χ0) is 13.0. The monoisotopic (exact) mass is 239 g/mol. The number of anilines is 1. The van der Waals surface area contributed by atoms with Gasteiger partial charge in [-0.3, -0.25) is 0 Å². The van der Waals surface area contributed by atoms with E-state index in [2.05, 4.69) is 15.3 Å². The molecule has 1 unspecified atom stereocenters. The van der Waals surface area contributed by atoms with Gasteiger partial charge in [0.05, 0.1) is 17.4 Å². The molecule has 1 heterocycles. The Morgan fingerprint density at radius 3 is 2.65 bits per heavy atom. The summed E-state index contributed by atoms with van der Waals surface area (Å²) in [6, 6.07) is 0. The van der Waals surface area contributed by atoms with Crippen molar-refractivity contribution in [1.82, 2.24) is 9.97 Å². The van der Waals surface area contributed by atoms with E-state index in [1.807, 2.05) is 13.8 Å². The molecule has 0 spiro atoms. The van der Waals surface area contributed by atoms with E-state index < -0.39 is 12.1 Å². The number of carboxylic acids is 1. The van der Waals surface area contributed by atoms with Crippen molar-refractivity contribution in [3.63, 3.8) is 0 Å². The molecule has 0 aliphatic carbocycles. The highest BCUT2D eigenvalue weighted by molar-refractivity contribution is 5.88. The summed E-state index contributed by atoms with van der Waals surface area (Å²) in [6.07, 6.45) is 0.771. The van der Waals surface area contributed by atoms with Gasteiger partial charge in [0.15, 0.2) is 0 Å². The van der Waals surface area contributed by atoms with Crippen LogP contribution < -0.4 is 5.32 Å². The van der Waals surface area contributed by atoms with Crippen molar-refractivity contribution in [2.75, 3.05) is 11.9 Å². The van der Waals surface area contributed by atoms with Crippen molar-refractivity contribution in [1.29, 1.82) is 0 Å². The molecule has 0 aromatic carbocycles. The summed E-state index contributed by atoms with van der Waals surface area (Å²) in [5.74, 6) is -0.578. The summed E-state index contributed by atoms with van der Waals surface area (Å²) >= 11 is 0. The number of aliphatic hydroxyl groups is 1. The fraction of sp³-hybridized carbons (Fsp3) is 0.545. The minimum Gasteiger partial charge on any atom is -0.478 e. The Kier molecular flexibility index (Phi) is 4.39. The molecule has 0 bridgehead atoms. The number of aliphatic hydroxyl groups excluding tert-OH is 1. The van der Waals surface area contributed by atoms with Crippen molar-refractivity contribution in [3.8, 4) is 0 Å². The third-order valence-corrected chi connectivity index (χ3v) is 2.45. The maximum absolute atomic E-state index is 10.7. The minimum atomic E-state index is -1.05. The first-order valence-corrected chi connectivity index (χ1v) is 5.40. The number of hydrogen-bond acceptors (Lipinski definition) is 5. The summed E-state index contributed by atoms with van der Waals surface area (Å²) in [6.45, 7) is 5.76. The molecule has 6 nitrogen and oxygen atoms in total. The third kappa shape index (κ3) is 3.67. The molecule has 6 heteroatoms. The van der Waals surface area contributed by atoms with Crippen molar-refractivity contribution in [2.45, 2.75) is 26.9 Å². The standard InChI is InChI=1S/C11H17N3O3/c1-6(2)9(15)5-13-11-12-4-8(10(16)17)7(3)14-11/h4,6,9,15H,5H2,1-3H3,(H,16,17)(H,12,13,14). The van der Waals surface area contributed by atoms with E-state index in [9.17, 15) is 9.90 Å². The van der Waals surface area contributed by atoms with Crippen LogP contribution in [0.1, 0.15) is 29.9 Å². The number of rotatable bonds is 5. The van der Waals surface area contributed by atoms with Gasteiger partial charge in [-0.15, -0.1) is 0 Å². The first-order chi connectivity index (χ1) is 7.91. The molecule has 3 N–H and O–H groups in total. The number of aromatic carboxylic acids is 1. The smallest absolute Gasteiger partial charge is 0.339 e. The van der Waals surface area contributed by atoms with Gasteiger partial charge in [-0.1, -0.05) is 13.8 Å². The van der Waals surface area contributed by atoms with Crippen LogP contribution >= 0.6 is 0 Å². The van der Waals surface area contributed by atoms with Crippen LogP contribution in [-0.2, 0) is 0 Å². The highest BCUT2D eigenvalue weighted by atomic mass is 16.4. The average molecular weight is 239 g/mol. The molecule has 0 amide bonds. The zero-order valence-electron chi connectivity index (χ0n) is 10.1. The van der Waals surface area contributed by atoms with Gasteiger partial charge in [0.1, 0.15) is 0 Å². The highest BCUT2D eigenvalue weighted by Gasteiger charge is 2.12. The van der Waals surface area contributed by atoms with Gasteiger partial charge in [0.25, 0.3) is 0 Å². The highest BCUT2D eigenvalue weighted by Crippen LogP contribution is 2.08. The number of hydrogen-bond donors (Lipinski definition) is 3. The number of carboxylic acid groups (broad SMARTS) is 1. The predicted octanol–water partition coefficient (Wildman–Crippen LogP) is 0.912. The van der Waals surface area contributed by atoms with E-state index >= 15 is 0 Å². The lowest BCUT2D eigenvalue weighted by Gasteiger charge is -2.15. The minimum absolute atomic E-state index is 0.0833. The van der Waals surface area contributed by atoms with Gasteiger partial charge in [-0.05, 0) is 12.8 Å². The van der Waals surface area contributed by atoms with Gasteiger partial charge >= 0.3 is 5.97 Å². The summed E-state index contributed by atoms with van der Waals surface area (Å²) < 4.78 is 0. The first-order valence-electron chi connectivity index (χ1n) is 5.40. The maximum atomic E-state index is 10.7. The molecule has 0 fully saturated rings. The lowest BCUT2D eigenvalue weighted by molar-refractivity contribution is 0.0695. The van der Waals surface area contributed by atoms with E-state index in [4.69, 9.17) is 5.11 Å². The van der Waals surface area contributed by atoms with E-state index in [0.717, 1.165) is 0 Å². The van der Waals surface area contributed by atoms with Crippen molar-refractivity contribution >= 4 is 11.9 Å². The van der Waals surface area contributed by atoms with Crippen LogP contribution in [-0.4, -0.2) is 38.8 Å². The summed E-state index contributed by atoms with van der Waals surface area (Å²) in [5, 5.41) is 21.3. The molecule has 0 radical (unpaired) electrons. The van der Waals surface area contributed by atoms with Crippen LogP contribution in [0.5, 0.6) is 0 Å². The Labute approximate surface area is 99.7 Å². The largest absolute Gasteiger partial charge is 0.478 e. The SMILES string of the molecule is Cc1nc(NCC(O)C(C)C)ncc1C(=O)O. The van der Waals surface area contributed by atoms with Gasteiger partial charge in [0.2, 0.25) is 5.95 Å². The molecule has 0 aliphatic heterocycles. The van der Waals surface area contributed by atoms with Crippen LogP contribution in [0.15, 0.2) is 6.20 Å². The molecule has 0 saturated carbocycles. The van der Waals surface area contributed by atoms with Crippen LogP contribution in [0.4, 0.5) is 5.95 Å². The quantitative estimate of drug-likeness (QED) is 0.707. The van der Waals surface area contributed by atoms with Crippen molar-refractivity contribution in [3.05, 3.63) is 17.5 Å². The van der Waals surface area contributed by atoms with Crippen molar-refractivity contribution in [2.24, 2.45) is 5.92 Å². The second-order valence-electron chi connectivity index (χ2n) is 4.19. The molecule has 0 saturated heterocycles. The predicted molar refractivity (Wildman–Crippen MR) is 63.1 cm³/mol. The van der Waals surface area contributed by atoms with E-state index in [-0.39, 0.29) is 11.5 Å². The number of nitrogens with one attached hydrogen (secondary N) is 1. The zero-order valence-corrected chi connectivity index (χ0v) is 10.1. The maximum Gasteiger partial charge on any atom is 0.339 e. The average Bonchev–Trinajstić information content (AvgIpc) is 2.25. The molecule has 1 atom stereocenters. The van der Waals surface area contributed by atoms with Crippen LogP contribution in [0.2, 0.25) is 0 Å². The molecule has 94 valence electrons. The van der Waals surface area contributed by atoms with E-state index in [1.165, 1.54) is 6.20 Å². The molecule has 17 heavy (non-hydrogen) atoms. The topological polar surface area (TPSA) is 95.3 Å². The number of carbonyl (C=O) groups is 1. The molecular formula is C11H17N3O3. The molecular weight excluding hydrogens is 222 g/mol. The Hall–Kier alpha value is -1.69. The van der Waals surface area contributed by atoms with Gasteiger partial charge in [-0.25, -0.2) is 14.8 Å². The summed E-state index contributed by atoms with van der Waals surface area (Å²) in [5.41, 5.74) is 0.481. The fourth-order valence-corrected chi connectivity index (χ4v) is 1.19. The fourth-order valence-electron chi connectivity index (χ4n) is 1.19. The number of aromatic nitrogens is 2. The Morgan fingerprint density at radius 2 is 2.18 bits per heavy atom. The molecule has 1 aromatic heterocycles. The number of nitrogens with zero attached hydrogens (tertiary/aromatic N) is 2.